The van der Waals surface area contributed by atoms with E-state index in [2.05, 4.69) is 42.0 Å². The van der Waals surface area contributed by atoms with Gasteiger partial charge in [-0.25, -0.2) is 4.98 Å². The topological polar surface area (TPSA) is 48.4 Å². The highest BCUT2D eigenvalue weighted by molar-refractivity contribution is 5.48. The first-order chi connectivity index (χ1) is 9.60. The van der Waals surface area contributed by atoms with Crippen LogP contribution in [0.2, 0.25) is 0 Å². The van der Waals surface area contributed by atoms with Crippen molar-refractivity contribution in [1.82, 2.24) is 10.3 Å². The zero-order chi connectivity index (χ0) is 14.5. The monoisotopic (exact) mass is 277 g/mol. The smallest absolute Gasteiger partial charge is 0.131 e. The van der Waals surface area contributed by atoms with Crippen LogP contribution >= 0.6 is 0 Å². The molecule has 0 spiro atoms. The molecule has 1 saturated heterocycles. The van der Waals surface area contributed by atoms with Crippen molar-refractivity contribution < 1.29 is 5.11 Å². The summed E-state index contributed by atoms with van der Waals surface area (Å²) >= 11 is 0. The third-order valence-corrected chi connectivity index (χ3v) is 3.83. The Morgan fingerprint density at radius 1 is 1.50 bits per heavy atom. The quantitative estimate of drug-likeness (QED) is 0.834. The van der Waals surface area contributed by atoms with Crippen LogP contribution in [-0.2, 0) is 6.54 Å². The van der Waals surface area contributed by atoms with Crippen molar-refractivity contribution in [3.63, 3.8) is 0 Å². The van der Waals surface area contributed by atoms with Crippen molar-refractivity contribution >= 4 is 5.82 Å². The molecule has 0 bridgehead atoms. The van der Waals surface area contributed by atoms with Crippen LogP contribution < -0.4 is 10.2 Å². The van der Waals surface area contributed by atoms with E-state index in [1.807, 2.05) is 6.20 Å². The van der Waals surface area contributed by atoms with Gasteiger partial charge in [-0.1, -0.05) is 13.8 Å². The predicted octanol–water partition coefficient (Wildman–Crippen LogP) is 1.95. The van der Waals surface area contributed by atoms with Crippen LogP contribution in [0.1, 0.15) is 31.4 Å². The molecule has 4 heteroatoms. The highest BCUT2D eigenvalue weighted by atomic mass is 16.3. The van der Waals surface area contributed by atoms with E-state index in [0.29, 0.717) is 11.8 Å². The summed E-state index contributed by atoms with van der Waals surface area (Å²) in [5.41, 5.74) is 2.47. The summed E-state index contributed by atoms with van der Waals surface area (Å²) in [6.07, 6.45) is 3.04. The minimum absolute atomic E-state index is 0.284. The first kappa shape index (κ1) is 15.3. The van der Waals surface area contributed by atoms with E-state index in [9.17, 15) is 5.11 Å². The Morgan fingerprint density at radius 3 is 2.90 bits per heavy atom. The van der Waals surface area contributed by atoms with Crippen LogP contribution in [0.25, 0.3) is 0 Å². The van der Waals surface area contributed by atoms with Gasteiger partial charge >= 0.3 is 0 Å². The number of aryl methyl sites for hydroxylation is 1. The molecule has 1 fully saturated rings. The van der Waals surface area contributed by atoms with Gasteiger partial charge in [0.15, 0.2) is 0 Å². The Kier molecular flexibility index (Phi) is 5.38. The molecule has 1 aromatic heterocycles. The Balaban J connectivity index is 1.96. The number of hydrogen-bond acceptors (Lipinski definition) is 4. The summed E-state index contributed by atoms with van der Waals surface area (Å²) in [4.78, 5) is 6.92. The standard InChI is InChI=1S/C16H27N3O/c1-12(2)7-17-8-15-6-13(3)16(18-9-15)19-5-4-14(10-19)11-20/h6,9,12,14,17,20H,4-5,7-8,10-11H2,1-3H3. The first-order valence-corrected chi connectivity index (χ1v) is 7.62. The fourth-order valence-electron chi connectivity index (χ4n) is 2.73. The number of nitrogens with zero attached hydrogens (tertiary/aromatic N) is 2. The Labute approximate surface area is 122 Å². The molecule has 0 aromatic carbocycles. The summed E-state index contributed by atoms with van der Waals surface area (Å²) < 4.78 is 0. The predicted molar refractivity (Wildman–Crippen MR) is 82.9 cm³/mol. The molecule has 1 aromatic rings. The largest absolute Gasteiger partial charge is 0.396 e. The molecule has 1 unspecified atom stereocenters. The highest BCUT2D eigenvalue weighted by Gasteiger charge is 2.23. The number of pyridine rings is 1. The Morgan fingerprint density at radius 2 is 2.30 bits per heavy atom. The maximum atomic E-state index is 9.23. The molecule has 0 aliphatic carbocycles. The van der Waals surface area contributed by atoms with E-state index >= 15 is 0 Å². The second-order valence-corrected chi connectivity index (χ2v) is 6.29. The van der Waals surface area contributed by atoms with Crippen molar-refractivity contribution in [1.29, 1.82) is 0 Å². The molecule has 1 aliphatic heterocycles. The van der Waals surface area contributed by atoms with Gasteiger partial charge in [0.1, 0.15) is 5.82 Å². The molecule has 4 nitrogen and oxygen atoms in total. The van der Waals surface area contributed by atoms with Gasteiger partial charge in [0, 0.05) is 38.4 Å². The van der Waals surface area contributed by atoms with Gasteiger partial charge in [-0.3, -0.25) is 0 Å². The van der Waals surface area contributed by atoms with E-state index in [-0.39, 0.29) is 6.61 Å². The summed E-state index contributed by atoms with van der Waals surface area (Å²) in [6.45, 7) is 10.7. The van der Waals surface area contributed by atoms with E-state index in [0.717, 1.165) is 38.4 Å². The third-order valence-electron chi connectivity index (χ3n) is 3.83. The normalized spacial score (nSPS) is 19.1. The lowest BCUT2D eigenvalue weighted by molar-refractivity contribution is 0.238. The van der Waals surface area contributed by atoms with Crippen molar-refractivity contribution in [2.24, 2.45) is 11.8 Å². The second-order valence-electron chi connectivity index (χ2n) is 6.29. The van der Waals surface area contributed by atoms with Crippen molar-refractivity contribution in [3.8, 4) is 0 Å². The molecule has 0 amide bonds. The van der Waals surface area contributed by atoms with Crippen LogP contribution in [-0.4, -0.2) is 36.3 Å². The SMILES string of the molecule is Cc1cc(CNCC(C)C)cnc1N1CCC(CO)C1. The summed E-state index contributed by atoms with van der Waals surface area (Å²) in [7, 11) is 0. The second kappa shape index (κ2) is 7.04. The average Bonchev–Trinajstić information content (AvgIpc) is 2.87. The maximum absolute atomic E-state index is 9.23. The van der Waals surface area contributed by atoms with E-state index in [1.54, 1.807) is 0 Å². The van der Waals surface area contributed by atoms with Gasteiger partial charge in [-0.2, -0.15) is 0 Å². The van der Waals surface area contributed by atoms with E-state index < -0.39 is 0 Å². The fraction of sp³-hybridized carbons (Fsp3) is 0.688. The van der Waals surface area contributed by atoms with Gasteiger partial charge < -0.3 is 15.3 Å². The number of aliphatic hydroxyl groups excluding tert-OH is 1. The minimum Gasteiger partial charge on any atom is -0.396 e. The summed E-state index contributed by atoms with van der Waals surface area (Å²) in [5.74, 6) is 2.15. The van der Waals surface area contributed by atoms with Gasteiger partial charge in [0.05, 0.1) is 0 Å². The van der Waals surface area contributed by atoms with Gasteiger partial charge in [0.2, 0.25) is 0 Å². The Bertz CT molecular complexity index is 434. The van der Waals surface area contributed by atoms with E-state index in [1.165, 1.54) is 11.1 Å². The Hall–Kier alpha value is -1.13. The molecule has 2 rings (SSSR count). The molecule has 2 heterocycles. The molecular weight excluding hydrogens is 250 g/mol. The number of nitrogens with one attached hydrogen (secondary N) is 1. The third kappa shape index (κ3) is 3.93. The number of hydrogen-bond donors (Lipinski definition) is 2. The highest BCUT2D eigenvalue weighted by Crippen LogP contribution is 2.25. The van der Waals surface area contributed by atoms with Crippen LogP contribution in [0.3, 0.4) is 0 Å². The number of anilines is 1. The molecule has 2 N–H and O–H groups in total. The molecule has 20 heavy (non-hydrogen) atoms. The molecular formula is C16H27N3O. The lowest BCUT2D eigenvalue weighted by atomic mass is 10.1. The van der Waals surface area contributed by atoms with Crippen LogP contribution in [0.4, 0.5) is 5.82 Å². The molecule has 1 aliphatic rings. The fourth-order valence-corrected chi connectivity index (χ4v) is 2.73. The molecule has 1 atom stereocenters. The number of rotatable bonds is 6. The summed E-state index contributed by atoms with van der Waals surface area (Å²) in [6, 6.07) is 2.22. The first-order valence-electron chi connectivity index (χ1n) is 7.62. The van der Waals surface area contributed by atoms with E-state index in [4.69, 9.17) is 0 Å². The van der Waals surface area contributed by atoms with Gasteiger partial charge in [-0.15, -0.1) is 0 Å². The van der Waals surface area contributed by atoms with Crippen LogP contribution in [0.15, 0.2) is 12.3 Å². The summed E-state index contributed by atoms with van der Waals surface area (Å²) in [5, 5.41) is 12.7. The lowest BCUT2D eigenvalue weighted by Gasteiger charge is -2.20. The zero-order valence-electron chi connectivity index (χ0n) is 12.9. The van der Waals surface area contributed by atoms with Crippen LogP contribution in [0, 0.1) is 18.8 Å². The number of aromatic nitrogens is 1. The van der Waals surface area contributed by atoms with Crippen molar-refractivity contribution in [3.05, 3.63) is 23.4 Å². The number of aliphatic hydroxyl groups is 1. The van der Waals surface area contributed by atoms with Crippen LogP contribution in [0.5, 0.6) is 0 Å². The maximum Gasteiger partial charge on any atom is 0.131 e. The minimum atomic E-state index is 0.284. The molecule has 0 radical (unpaired) electrons. The average molecular weight is 277 g/mol. The lowest BCUT2D eigenvalue weighted by Crippen LogP contribution is -2.23. The van der Waals surface area contributed by atoms with Gasteiger partial charge in [-0.05, 0) is 43.0 Å². The molecule has 112 valence electrons. The van der Waals surface area contributed by atoms with Crippen molar-refractivity contribution in [2.75, 3.05) is 31.1 Å². The van der Waals surface area contributed by atoms with Gasteiger partial charge in [0.25, 0.3) is 0 Å². The molecule has 0 saturated carbocycles. The van der Waals surface area contributed by atoms with Crippen molar-refractivity contribution in [2.45, 2.75) is 33.7 Å². The zero-order valence-corrected chi connectivity index (χ0v) is 12.9.